The second-order valence-electron chi connectivity index (χ2n) is 6.41. The molecule has 0 aliphatic carbocycles. The smallest absolute Gasteiger partial charge is 0.279 e. The van der Waals surface area contributed by atoms with Crippen LogP contribution in [0.15, 0.2) is 41.4 Å². The number of amides is 1. The first-order valence-corrected chi connectivity index (χ1v) is 10.1. The SMILES string of the molecule is CCCCOc1ccc(C(=O)N=c2sc3cc(F)cc(F)c3n2CCOC)cc1. The second-order valence-corrected chi connectivity index (χ2v) is 7.42. The van der Waals surface area contributed by atoms with E-state index in [1.807, 2.05) is 0 Å². The first-order chi connectivity index (χ1) is 14.0. The number of benzene rings is 2. The summed E-state index contributed by atoms with van der Waals surface area (Å²) < 4.78 is 40.5. The van der Waals surface area contributed by atoms with Gasteiger partial charge in [-0.25, -0.2) is 8.78 Å². The van der Waals surface area contributed by atoms with Crippen molar-refractivity contribution >= 4 is 27.5 Å². The third-order valence-electron chi connectivity index (χ3n) is 4.28. The van der Waals surface area contributed by atoms with Gasteiger partial charge in [0, 0.05) is 25.3 Å². The summed E-state index contributed by atoms with van der Waals surface area (Å²) in [5.74, 6) is -1.16. The number of methoxy groups -OCH3 is 1. The van der Waals surface area contributed by atoms with Gasteiger partial charge in [-0.15, -0.1) is 0 Å². The van der Waals surface area contributed by atoms with E-state index < -0.39 is 17.5 Å². The Labute approximate surface area is 171 Å². The normalized spacial score (nSPS) is 11.9. The quantitative estimate of drug-likeness (QED) is 0.503. The van der Waals surface area contributed by atoms with Crippen LogP contribution in [0.2, 0.25) is 0 Å². The third-order valence-corrected chi connectivity index (χ3v) is 5.30. The van der Waals surface area contributed by atoms with Gasteiger partial charge in [0.05, 0.1) is 23.4 Å². The Morgan fingerprint density at radius 1 is 1.17 bits per heavy atom. The molecule has 0 radical (unpaired) electrons. The number of carbonyl (C=O) groups is 1. The Hall–Kier alpha value is -2.58. The third kappa shape index (κ3) is 5.07. The molecule has 0 spiro atoms. The van der Waals surface area contributed by atoms with Crippen molar-refractivity contribution in [3.63, 3.8) is 0 Å². The van der Waals surface area contributed by atoms with E-state index in [1.54, 1.807) is 28.8 Å². The Kier molecular flexibility index (Phi) is 7.11. The Bertz CT molecular complexity index is 1060. The molecule has 3 aromatic rings. The fourth-order valence-electron chi connectivity index (χ4n) is 2.78. The molecule has 0 saturated carbocycles. The van der Waals surface area contributed by atoms with Gasteiger partial charge in [-0.3, -0.25) is 4.79 Å². The van der Waals surface area contributed by atoms with Crippen LogP contribution in [0, 0.1) is 11.6 Å². The maximum absolute atomic E-state index is 14.3. The highest BCUT2D eigenvalue weighted by Crippen LogP contribution is 2.22. The molecule has 0 aliphatic heterocycles. The van der Waals surface area contributed by atoms with Crippen molar-refractivity contribution in [3.05, 3.63) is 58.4 Å². The summed E-state index contributed by atoms with van der Waals surface area (Å²) >= 11 is 1.06. The maximum Gasteiger partial charge on any atom is 0.279 e. The number of carbonyl (C=O) groups excluding carboxylic acids is 1. The lowest BCUT2D eigenvalue weighted by Crippen LogP contribution is -2.20. The van der Waals surface area contributed by atoms with E-state index >= 15 is 0 Å². The summed E-state index contributed by atoms with van der Waals surface area (Å²) in [6.45, 7) is 3.29. The molecule has 1 aromatic heterocycles. The number of fused-ring (bicyclic) bond motifs is 1. The predicted octanol–water partition coefficient (Wildman–Crippen LogP) is 4.55. The number of ether oxygens (including phenoxy) is 2. The summed E-state index contributed by atoms with van der Waals surface area (Å²) in [4.78, 5) is 17.1. The van der Waals surface area contributed by atoms with E-state index in [0.29, 0.717) is 29.2 Å². The molecular weight excluding hydrogens is 398 g/mol. The van der Waals surface area contributed by atoms with Gasteiger partial charge in [0.2, 0.25) is 0 Å². The Balaban J connectivity index is 1.94. The van der Waals surface area contributed by atoms with Gasteiger partial charge in [-0.2, -0.15) is 4.99 Å². The van der Waals surface area contributed by atoms with Crippen LogP contribution < -0.4 is 9.54 Å². The van der Waals surface area contributed by atoms with Crippen LogP contribution in [0.1, 0.15) is 30.1 Å². The van der Waals surface area contributed by atoms with Crippen molar-refractivity contribution in [2.75, 3.05) is 20.3 Å². The molecule has 154 valence electrons. The standard InChI is InChI=1S/C21H22F2N2O3S/c1-3-4-10-28-16-7-5-14(6-8-16)20(26)24-21-25(9-11-27-2)19-17(23)12-15(22)13-18(19)29-21/h5-8,12-13H,3-4,9-11H2,1-2H3. The van der Waals surface area contributed by atoms with Gasteiger partial charge in [0.1, 0.15) is 11.6 Å². The number of thiazole rings is 1. The highest BCUT2D eigenvalue weighted by molar-refractivity contribution is 7.16. The van der Waals surface area contributed by atoms with Crippen LogP contribution in [-0.4, -0.2) is 30.8 Å². The monoisotopic (exact) mass is 420 g/mol. The molecule has 0 unspecified atom stereocenters. The fourth-order valence-corrected chi connectivity index (χ4v) is 3.88. The van der Waals surface area contributed by atoms with Crippen molar-refractivity contribution in [1.82, 2.24) is 4.57 Å². The first-order valence-electron chi connectivity index (χ1n) is 9.32. The van der Waals surface area contributed by atoms with E-state index in [9.17, 15) is 13.6 Å². The topological polar surface area (TPSA) is 52.8 Å². The number of hydrogen-bond donors (Lipinski definition) is 0. The van der Waals surface area contributed by atoms with Crippen molar-refractivity contribution in [1.29, 1.82) is 0 Å². The first kappa shape index (κ1) is 21.1. The summed E-state index contributed by atoms with van der Waals surface area (Å²) in [7, 11) is 1.53. The molecule has 8 heteroatoms. The van der Waals surface area contributed by atoms with E-state index in [4.69, 9.17) is 9.47 Å². The van der Waals surface area contributed by atoms with E-state index in [0.717, 1.165) is 30.2 Å². The number of halogens is 2. The van der Waals surface area contributed by atoms with Gasteiger partial charge in [0.15, 0.2) is 10.6 Å². The van der Waals surface area contributed by atoms with Crippen LogP contribution >= 0.6 is 11.3 Å². The summed E-state index contributed by atoms with van der Waals surface area (Å²) in [5, 5.41) is 0. The van der Waals surface area contributed by atoms with Crippen LogP contribution in [0.3, 0.4) is 0 Å². The minimum Gasteiger partial charge on any atom is -0.494 e. The van der Waals surface area contributed by atoms with Crippen molar-refractivity contribution in [3.8, 4) is 5.75 Å². The zero-order valence-corrected chi connectivity index (χ0v) is 17.1. The van der Waals surface area contributed by atoms with Gasteiger partial charge in [-0.05, 0) is 36.8 Å². The number of aromatic nitrogens is 1. The van der Waals surface area contributed by atoms with Gasteiger partial charge < -0.3 is 14.0 Å². The molecule has 5 nitrogen and oxygen atoms in total. The molecule has 0 aliphatic rings. The summed E-state index contributed by atoms with van der Waals surface area (Å²) in [5.41, 5.74) is 0.593. The van der Waals surface area contributed by atoms with Crippen LogP contribution in [0.25, 0.3) is 10.2 Å². The van der Waals surface area contributed by atoms with Crippen molar-refractivity contribution in [2.24, 2.45) is 4.99 Å². The molecule has 3 rings (SSSR count). The Morgan fingerprint density at radius 2 is 1.93 bits per heavy atom. The van der Waals surface area contributed by atoms with Crippen LogP contribution in [-0.2, 0) is 11.3 Å². The largest absolute Gasteiger partial charge is 0.494 e. The van der Waals surface area contributed by atoms with Crippen LogP contribution in [0.4, 0.5) is 8.78 Å². The lowest BCUT2D eigenvalue weighted by atomic mass is 10.2. The zero-order valence-electron chi connectivity index (χ0n) is 16.3. The van der Waals surface area contributed by atoms with E-state index in [2.05, 4.69) is 11.9 Å². The zero-order chi connectivity index (χ0) is 20.8. The molecule has 0 bridgehead atoms. The molecule has 1 amide bonds. The average Bonchev–Trinajstić information content (AvgIpc) is 3.04. The molecule has 29 heavy (non-hydrogen) atoms. The molecule has 0 N–H and O–H groups in total. The molecule has 0 saturated heterocycles. The highest BCUT2D eigenvalue weighted by Gasteiger charge is 2.14. The molecular formula is C21H22F2N2O3S. The lowest BCUT2D eigenvalue weighted by Gasteiger charge is -2.06. The molecule has 1 heterocycles. The van der Waals surface area contributed by atoms with Crippen molar-refractivity contribution in [2.45, 2.75) is 26.3 Å². The fraction of sp³-hybridized carbons (Fsp3) is 0.333. The molecule has 2 aromatic carbocycles. The maximum atomic E-state index is 14.3. The second kappa shape index (κ2) is 9.76. The van der Waals surface area contributed by atoms with Crippen LogP contribution in [0.5, 0.6) is 5.75 Å². The lowest BCUT2D eigenvalue weighted by molar-refractivity contribution is 0.0997. The average molecular weight is 420 g/mol. The number of rotatable bonds is 8. The summed E-state index contributed by atoms with van der Waals surface area (Å²) in [6, 6.07) is 8.77. The highest BCUT2D eigenvalue weighted by atomic mass is 32.1. The van der Waals surface area contributed by atoms with Gasteiger partial charge in [-0.1, -0.05) is 24.7 Å². The number of nitrogens with zero attached hydrogens (tertiary/aromatic N) is 2. The predicted molar refractivity (Wildman–Crippen MR) is 108 cm³/mol. The summed E-state index contributed by atoms with van der Waals surface area (Å²) in [6.07, 6.45) is 2.00. The molecule has 0 fully saturated rings. The number of unbranched alkanes of at least 4 members (excludes halogenated alkanes) is 1. The van der Waals surface area contributed by atoms with E-state index in [-0.39, 0.29) is 16.9 Å². The van der Waals surface area contributed by atoms with Gasteiger partial charge in [0.25, 0.3) is 5.91 Å². The minimum absolute atomic E-state index is 0.208. The number of hydrogen-bond acceptors (Lipinski definition) is 4. The van der Waals surface area contributed by atoms with Crippen molar-refractivity contribution < 1.29 is 23.0 Å². The Morgan fingerprint density at radius 3 is 2.62 bits per heavy atom. The minimum atomic E-state index is -0.699. The van der Waals surface area contributed by atoms with Gasteiger partial charge >= 0.3 is 0 Å². The molecule has 0 atom stereocenters. The van der Waals surface area contributed by atoms with E-state index in [1.165, 1.54) is 13.2 Å².